The molecule has 0 aliphatic heterocycles. The summed E-state index contributed by atoms with van der Waals surface area (Å²) in [6, 6.07) is 7.83. The van der Waals surface area contributed by atoms with Crippen molar-refractivity contribution in [3.05, 3.63) is 36.0 Å². The highest BCUT2D eigenvalue weighted by Gasteiger charge is 2.13. The van der Waals surface area contributed by atoms with Gasteiger partial charge < -0.3 is 14.5 Å². The number of ether oxygens (including phenoxy) is 1. The molecule has 1 aromatic carbocycles. The van der Waals surface area contributed by atoms with Crippen molar-refractivity contribution in [2.75, 3.05) is 7.11 Å². The first-order valence-electron chi connectivity index (χ1n) is 4.41. The molecule has 1 N–H and O–H groups in total. The fourth-order valence-corrected chi connectivity index (χ4v) is 1.59. The quantitative estimate of drug-likeness (QED) is 0.751. The molecule has 0 fully saturated rings. The van der Waals surface area contributed by atoms with Gasteiger partial charge in [0.05, 0.1) is 0 Å². The van der Waals surface area contributed by atoms with E-state index in [9.17, 15) is 4.79 Å². The zero-order valence-electron chi connectivity index (χ0n) is 7.86. The fraction of sp³-hybridized carbons (Fsp3) is 0.182. The largest absolute Gasteiger partial charge is 0.369 e. The van der Waals surface area contributed by atoms with Crippen LogP contribution in [-0.2, 0) is 9.53 Å². The number of hydrogen-bond donors (Lipinski definition) is 1. The Morgan fingerprint density at radius 2 is 2.21 bits per heavy atom. The second-order valence-corrected chi connectivity index (χ2v) is 3.08. The molecule has 1 unspecified atom stereocenters. The Morgan fingerprint density at radius 1 is 1.43 bits per heavy atom. The highest BCUT2D eigenvalue weighted by Crippen LogP contribution is 2.24. The van der Waals surface area contributed by atoms with E-state index < -0.39 is 6.10 Å². The molecule has 0 bridgehead atoms. The number of fused-ring (bicyclic) bond motifs is 1. The number of carbonyl (C=O) groups excluding carboxylic acids is 1. The van der Waals surface area contributed by atoms with Crippen LogP contribution in [0.4, 0.5) is 0 Å². The number of hydrogen-bond acceptors (Lipinski definition) is 2. The van der Waals surface area contributed by atoms with Crippen molar-refractivity contribution < 1.29 is 9.53 Å². The van der Waals surface area contributed by atoms with E-state index in [0.717, 1.165) is 22.8 Å². The Labute approximate surface area is 81.7 Å². The maximum absolute atomic E-state index is 10.7. The van der Waals surface area contributed by atoms with Gasteiger partial charge in [-0.15, -0.1) is 0 Å². The zero-order chi connectivity index (χ0) is 9.97. The second-order valence-electron chi connectivity index (χ2n) is 3.08. The number of rotatable bonds is 3. The van der Waals surface area contributed by atoms with Crippen molar-refractivity contribution in [3.8, 4) is 0 Å². The Balaban J connectivity index is 2.57. The molecule has 2 rings (SSSR count). The van der Waals surface area contributed by atoms with Gasteiger partial charge in [0.1, 0.15) is 6.10 Å². The average Bonchev–Trinajstić information content (AvgIpc) is 2.65. The van der Waals surface area contributed by atoms with E-state index in [1.807, 2.05) is 30.5 Å². The normalized spacial score (nSPS) is 12.9. The van der Waals surface area contributed by atoms with Crippen LogP contribution in [0.2, 0.25) is 0 Å². The molecule has 3 heteroatoms. The predicted molar refractivity (Wildman–Crippen MR) is 54.1 cm³/mol. The number of aldehydes is 1. The molecule has 0 spiro atoms. The lowest BCUT2D eigenvalue weighted by Crippen LogP contribution is -2.01. The summed E-state index contributed by atoms with van der Waals surface area (Å²) in [6.07, 6.45) is 2.13. The van der Waals surface area contributed by atoms with Crippen molar-refractivity contribution in [1.29, 1.82) is 0 Å². The third-order valence-corrected chi connectivity index (χ3v) is 2.31. The average molecular weight is 189 g/mol. The standard InChI is InChI=1S/C11H11NO2/c1-14-11(7-13)9-6-12-10-5-3-2-4-8(9)10/h2-7,11-12H,1H3. The number of aromatic amines is 1. The summed E-state index contributed by atoms with van der Waals surface area (Å²) in [5.74, 6) is 0. The molecule has 0 amide bonds. The number of benzene rings is 1. The number of carbonyl (C=O) groups is 1. The van der Waals surface area contributed by atoms with Crippen LogP contribution in [0, 0.1) is 0 Å². The van der Waals surface area contributed by atoms with Crippen LogP contribution >= 0.6 is 0 Å². The van der Waals surface area contributed by atoms with Crippen LogP contribution in [0.3, 0.4) is 0 Å². The van der Waals surface area contributed by atoms with Crippen molar-refractivity contribution in [3.63, 3.8) is 0 Å². The number of aromatic nitrogens is 1. The molecule has 3 nitrogen and oxygen atoms in total. The van der Waals surface area contributed by atoms with E-state index in [-0.39, 0.29) is 0 Å². The summed E-state index contributed by atoms with van der Waals surface area (Å²) in [6.45, 7) is 0. The molecule has 2 aromatic rings. The first-order chi connectivity index (χ1) is 6.86. The van der Waals surface area contributed by atoms with Crippen LogP contribution in [0.15, 0.2) is 30.5 Å². The molecule has 14 heavy (non-hydrogen) atoms. The third kappa shape index (κ3) is 1.32. The summed E-state index contributed by atoms with van der Waals surface area (Å²) >= 11 is 0. The third-order valence-electron chi connectivity index (χ3n) is 2.31. The highest BCUT2D eigenvalue weighted by atomic mass is 16.5. The van der Waals surface area contributed by atoms with Crippen molar-refractivity contribution in [2.24, 2.45) is 0 Å². The predicted octanol–water partition coefficient (Wildman–Crippen LogP) is 2.05. The monoisotopic (exact) mass is 189 g/mol. The number of methoxy groups -OCH3 is 1. The fourth-order valence-electron chi connectivity index (χ4n) is 1.59. The SMILES string of the molecule is COC(C=O)c1c[nH]c2ccccc12. The van der Waals surface area contributed by atoms with E-state index in [1.54, 1.807) is 0 Å². The minimum absolute atomic E-state index is 0.480. The Hall–Kier alpha value is -1.61. The Kier molecular flexibility index (Phi) is 2.33. The van der Waals surface area contributed by atoms with Gasteiger partial charge in [-0.3, -0.25) is 0 Å². The molecule has 1 aromatic heterocycles. The van der Waals surface area contributed by atoms with Crippen LogP contribution in [0.1, 0.15) is 11.7 Å². The molecule has 1 atom stereocenters. The summed E-state index contributed by atoms with van der Waals surface area (Å²) in [5.41, 5.74) is 1.91. The molecule has 0 aliphatic rings. The molecule has 0 saturated carbocycles. The van der Waals surface area contributed by atoms with Gasteiger partial charge in [0, 0.05) is 29.8 Å². The minimum atomic E-state index is -0.480. The first kappa shape index (κ1) is 8.97. The van der Waals surface area contributed by atoms with E-state index in [4.69, 9.17) is 4.74 Å². The Morgan fingerprint density at radius 3 is 2.93 bits per heavy atom. The van der Waals surface area contributed by atoms with E-state index in [1.165, 1.54) is 7.11 Å². The molecule has 1 heterocycles. The van der Waals surface area contributed by atoms with E-state index in [2.05, 4.69) is 4.98 Å². The number of nitrogens with one attached hydrogen (secondary N) is 1. The number of H-pyrrole nitrogens is 1. The van der Waals surface area contributed by atoms with Gasteiger partial charge in [-0.2, -0.15) is 0 Å². The molecule has 72 valence electrons. The minimum Gasteiger partial charge on any atom is -0.369 e. The maximum atomic E-state index is 10.7. The Bertz CT molecular complexity index is 447. The zero-order valence-corrected chi connectivity index (χ0v) is 7.86. The van der Waals surface area contributed by atoms with Crippen molar-refractivity contribution in [1.82, 2.24) is 4.98 Å². The lowest BCUT2D eigenvalue weighted by Gasteiger charge is -2.05. The molecule has 0 saturated heterocycles. The van der Waals surface area contributed by atoms with Crippen molar-refractivity contribution in [2.45, 2.75) is 6.10 Å². The summed E-state index contributed by atoms with van der Waals surface area (Å²) in [4.78, 5) is 13.8. The maximum Gasteiger partial charge on any atom is 0.153 e. The molecular formula is C11H11NO2. The van der Waals surface area contributed by atoms with Crippen molar-refractivity contribution >= 4 is 17.2 Å². The first-order valence-corrected chi connectivity index (χ1v) is 4.41. The van der Waals surface area contributed by atoms with Gasteiger partial charge >= 0.3 is 0 Å². The van der Waals surface area contributed by atoms with Gasteiger partial charge in [0.15, 0.2) is 6.29 Å². The number of para-hydroxylation sites is 1. The van der Waals surface area contributed by atoms with Crippen LogP contribution < -0.4 is 0 Å². The van der Waals surface area contributed by atoms with Gasteiger partial charge in [-0.25, -0.2) is 0 Å². The lowest BCUT2D eigenvalue weighted by atomic mass is 10.1. The van der Waals surface area contributed by atoms with Crippen LogP contribution in [0.25, 0.3) is 10.9 Å². The van der Waals surface area contributed by atoms with Gasteiger partial charge in [0.2, 0.25) is 0 Å². The van der Waals surface area contributed by atoms with E-state index >= 15 is 0 Å². The van der Waals surface area contributed by atoms with Gasteiger partial charge in [-0.1, -0.05) is 18.2 Å². The highest BCUT2D eigenvalue weighted by molar-refractivity contribution is 5.86. The summed E-state index contributed by atoms with van der Waals surface area (Å²) < 4.78 is 5.06. The molecule has 0 aliphatic carbocycles. The van der Waals surface area contributed by atoms with Gasteiger partial charge in [-0.05, 0) is 6.07 Å². The smallest absolute Gasteiger partial charge is 0.153 e. The summed E-state index contributed by atoms with van der Waals surface area (Å²) in [7, 11) is 1.53. The summed E-state index contributed by atoms with van der Waals surface area (Å²) in [5, 5.41) is 1.03. The molecular weight excluding hydrogens is 178 g/mol. The second kappa shape index (κ2) is 3.64. The lowest BCUT2D eigenvalue weighted by molar-refractivity contribution is -0.116. The van der Waals surface area contributed by atoms with Gasteiger partial charge in [0.25, 0.3) is 0 Å². The van der Waals surface area contributed by atoms with Crippen LogP contribution in [-0.4, -0.2) is 18.4 Å². The topological polar surface area (TPSA) is 42.1 Å². The molecule has 0 radical (unpaired) electrons. The van der Waals surface area contributed by atoms with E-state index in [0.29, 0.717) is 0 Å². The van der Waals surface area contributed by atoms with Crippen LogP contribution in [0.5, 0.6) is 0 Å².